The van der Waals surface area contributed by atoms with Crippen LogP contribution in [0.15, 0.2) is 0 Å². The molecular weight excluding hydrogens is 190 g/mol. The molecule has 0 heterocycles. The van der Waals surface area contributed by atoms with Crippen molar-refractivity contribution in [2.45, 2.75) is 45.1 Å². The summed E-state index contributed by atoms with van der Waals surface area (Å²) in [5.74, 6) is 0.618. The standard InChI is InChI=1S/C12H23NO2/c1-9(2)12(15)7-5-10(6-8-12)11(14)13(3)4/h9-10,15H,5-8H2,1-4H3. The van der Waals surface area contributed by atoms with E-state index in [1.54, 1.807) is 19.0 Å². The predicted molar refractivity (Wildman–Crippen MR) is 60.4 cm³/mol. The van der Waals surface area contributed by atoms with Crippen LogP contribution in [0.3, 0.4) is 0 Å². The minimum Gasteiger partial charge on any atom is -0.390 e. The van der Waals surface area contributed by atoms with Gasteiger partial charge in [0.1, 0.15) is 0 Å². The topological polar surface area (TPSA) is 40.5 Å². The molecule has 0 aliphatic heterocycles. The van der Waals surface area contributed by atoms with Gasteiger partial charge >= 0.3 is 0 Å². The highest BCUT2D eigenvalue weighted by Crippen LogP contribution is 2.37. The summed E-state index contributed by atoms with van der Waals surface area (Å²) in [6, 6.07) is 0. The van der Waals surface area contributed by atoms with Gasteiger partial charge in [-0.1, -0.05) is 13.8 Å². The maximum Gasteiger partial charge on any atom is 0.225 e. The van der Waals surface area contributed by atoms with Gasteiger partial charge in [0.05, 0.1) is 5.60 Å². The van der Waals surface area contributed by atoms with Crippen LogP contribution in [-0.2, 0) is 4.79 Å². The van der Waals surface area contributed by atoms with Crippen molar-refractivity contribution in [1.29, 1.82) is 0 Å². The fourth-order valence-electron chi connectivity index (χ4n) is 2.31. The van der Waals surface area contributed by atoms with E-state index < -0.39 is 5.60 Å². The molecular formula is C12H23NO2. The van der Waals surface area contributed by atoms with Crippen molar-refractivity contribution >= 4 is 5.91 Å². The van der Waals surface area contributed by atoms with Gasteiger partial charge in [-0.2, -0.15) is 0 Å². The van der Waals surface area contributed by atoms with E-state index in [0.717, 1.165) is 25.7 Å². The Bertz CT molecular complexity index is 228. The van der Waals surface area contributed by atoms with E-state index in [1.807, 2.05) is 13.8 Å². The van der Waals surface area contributed by atoms with Gasteiger partial charge in [0.15, 0.2) is 0 Å². The molecule has 3 heteroatoms. The lowest BCUT2D eigenvalue weighted by molar-refractivity contribution is -0.137. The molecule has 1 aliphatic rings. The molecule has 1 saturated carbocycles. The molecule has 1 N–H and O–H groups in total. The second-order valence-electron chi connectivity index (χ2n) is 5.27. The van der Waals surface area contributed by atoms with Gasteiger partial charge in [0.25, 0.3) is 0 Å². The fourth-order valence-corrected chi connectivity index (χ4v) is 2.31. The molecule has 0 aromatic carbocycles. The first-order valence-electron chi connectivity index (χ1n) is 5.80. The Morgan fingerprint density at radius 1 is 1.33 bits per heavy atom. The Kier molecular flexibility index (Phi) is 3.77. The summed E-state index contributed by atoms with van der Waals surface area (Å²) in [4.78, 5) is 13.4. The zero-order chi connectivity index (χ0) is 11.6. The van der Waals surface area contributed by atoms with Crippen LogP contribution in [0.2, 0.25) is 0 Å². The lowest BCUT2D eigenvalue weighted by Gasteiger charge is -2.39. The van der Waals surface area contributed by atoms with Crippen LogP contribution in [0.4, 0.5) is 0 Å². The molecule has 0 saturated heterocycles. The highest BCUT2D eigenvalue weighted by atomic mass is 16.3. The second-order valence-corrected chi connectivity index (χ2v) is 5.27. The van der Waals surface area contributed by atoms with Crippen LogP contribution >= 0.6 is 0 Å². The molecule has 3 nitrogen and oxygen atoms in total. The maximum absolute atomic E-state index is 11.7. The SMILES string of the molecule is CC(C)C1(O)CCC(C(=O)N(C)C)CC1. The van der Waals surface area contributed by atoms with E-state index in [4.69, 9.17) is 0 Å². The lowest BCUT2D eigenvalue weighted by Crippen LogP contribution is -2.42. The largest absolute Gasteiger partial charge is 0.390 e. The van der Waals surface area contributed by atoms with Crippen LogP contribution in [0.5, 0.6) is 0 Å². The molecule has 0 unspecified atom stereocenters. The van der Waals surface area contributed by atoms with Crippen molar-refractivity contribution in [2.24, 2.45) is 11.8 Å². The zero-order valence-electron chi connectivity index (χ0n) is 10.3. The minimum absolute atomic E-state index is 0.124. The Balaban J connectivity index is 2.53. The third-order valence-electron chi connectivity index (χ3n) is 3.72. The average Bonchev–Trinajstić information content (AvgIpc) is 2.17. The van der Waals surface area contributed by atoms with Gasteiger partial charge in [0, 0.05) is 20.0 Å². The normalized spacial score (nSPS) is 31.7. The molecule has 0 atom stereocenters. The van der Waals surface area contributed by atoms with Crippen molar-refractivity contribution < 1.29 is 9.90 Å². The Morgan fingerprint density at radius 3 is 2.13 bits per heavy atom. The van der Waals surface area contributed by atoms with E-state index in [0.29, 0.717) is 0 Å². The zero-order valence-corrected chi connectivity index (χ0v) is 10.3. The molecule has 1 rings (SSSR count). The number of amides is 1. The van der Waals surface area contributed by atoms with Crippen molar-refractivity contribution in [2.75, 3.05) is 14.1 Å². The van der Waals surface area contributed by atoms with Gasteiger partial charge in [-0.15, -0.1) is 0 Å². The second kappa shape index (κ2) is 4.52. The number of rotatable bonds is 2. The fraction of sp³-hybridized carbons (Fsp3) is 0.917. The van der Waals surface area contributed by atoms with Crippen LogP contribution in [-0.4, -0.2) is 35.6 Å². The summed E-state index contributed by atoms with van der Waals surface area (Å²) in [6.45, 7) is 4.10. The number of carbonyl (C=O) groups is 1. The van der Waals surface area contributed by atoms with E-state index in [1.165, 1.54) is 0 Å². The summed E-state index contributed by atoms with van der Waals surface area (Å²) in [6.07, 6.45) is 3.17. The smallest absolute Gasteiger partial charge is 0.225 e. The van der Waals surface area contributed by atoms with Gasteiger partial charge in [-0.3, -0.25) is 4.79 Å². The number of hydrogen-bond acceptors (Lipinski definition) is 2. The van der Waals surface area contributed by atoms with Crippen molar-refractivity contribution in [3.8, 4) is 0 Å². The molecule has 1 fully saturated rings. The third-order valence-corrected chi connectivity index (χ3v) is 3.72. The van der Waals surface area contributed by atoms with Crippen LogP contribution in [0.1, 0.15) is 39.5 Å². The van der Waals surface area contributed by atoms with Crippen molar-refractivity contribution in [3.63, 3.8) is 0 Å². The van der Waals surface area contributed by atoms with Crippen LogP contribution in [0.25, 0.3) is 0 Å². The average molecular weight is 213 g/mol. The van der Waals surface area contributed by atoms with E-state index >= 15 is 0 Å². The number of aliphatic hydroxyl groups is 1. The van der Waals surface area contributed by atoms with Crippen LogP contribution in [0, 0.1) is 11.8 Å². The monoisotopic (exact) mass is 213 g/mol. The first-order valence-corrected chi connectivity index (χ1v) is 5.80. The van der Waals surface area contributed by atoms with Gasteiger partial charge in [0.2, 0.25) is 5.91 Å². The molecule has 15 heavy (non-hydrogen) atoms. The van der Waals surface area contributed by atoms with Crippen molar-refractivity contribution in [1.82, 2.24) is 4.90 Å². The Morgan fingerprint density at radius 2 is 1.80 bits per heavy atom. The molecule has 0 aromatic heterocycles. The quantitative estimate of drug-likeness (QED) is 0.757. The number of carbonyl (C=O) groups excluding carboxylic acids is 1. The number of hydrogen-bond donors (Lipinski definition) is 1. The summed E-state index contributed by atoms with van der Waals surface area (Å²) < 4.78 is 0. The first-order chi connectivity index (χ1) is 6.87. The van der Waals surface area contributed by atoms with E-state index in [9.17, 15) is 9.90 Å². The molecule has 88 valence electrons. The van der Waals surface area contributed by atoms with E-state index in [2.05, 4.69) is 0 Å². The molecule has 1 aliphatic carbocycles. The van der Waals surface area contributed by atoms with E-state index in [-0.39, 0.29) is 17.7 Å². The summed E-state index contributed by atoms with van der Waals surface area (Å²) in [5, 5.41) is 10.3. The molecule has 1 amide bonds. The summed E-state index contributed by atoms with van der Waals surface area (Å²) >= 11 is 0. The molecule has 0 aromatic rings. The number of nitrogens with zero attached hydrogens (tertiary/aromatic N) is 1. The Labute approximate surface area is 92.5 Å². The predicted octanol–water partition coefficient (Wildman–Crippen LogP) is 1.65. The Hall–Kier alpha value is -0.570. The maximum atomic E-state index is 11.7. The van der Waals surface area contributed by atoms with Crippen molar-refractivity contribution in [3.05, 3.63) is 0 Å². The van der Waals surface area contributed by atoms with Gasteiger partial charge < -0.3 is 10.0 Å². The third kappa shape index (κ3) is 2.71. The first kappa shape index (κ1) is 12.5. The van der Waals surface area contributed by atoms with Gasteiger partial charge in [-0.25, -0.2) is 0 Å². The van der Waals surface area contributed by atoms with Crippen LogP contribution < -0.4 is 0 Å². The summed E-state index contributed by atoms with van der Waals surface area (Å²) in [7, 11) is 3.59. The molecule has 0 bridgehead atoms. The molecule has 0 spiro atoms. The lowest BCUT2D eigenvalue weighted by atomic mass is 9.73. The summed E-state index contributed by atoms with van der Waals surface area (Å²) in [5.41, 5.74) is -0.539. The highest BCUT2D eigenvalue weighted by molar-refractivity contribution is 5.78. The highest BCUT2D eigenvalue weighted by Gasteiger charge is 2.38. The minimum atomic E-state index is -0.539. The molecule has 0 radical (unpaired) electrons. The van der Waals surface area contributed by atoms with Gasteiger partial charge in [-0.05, 0) is 31.6 Å².